The lowest BCUT2D eigenvalue weighted by Crippen LogP contribution is -2.19. The molecule has 0 spiro atoms. The average molecular weight is 372 g/mol. The molecular weight excluding hydrogens is 346 g/mol. The predicted octanol–water partition coefficient (Wildman–Crippen LogP) is 5.00. The van der Waals surface area contributed by atoms with Crippen LogP contribution in [0.3, 0.4) is 0 Å². The van der Waals surface area contributed by atoms with Gasteiger partial charge < -0.3 is 10.1 Å². The van der Waals surface area contributed by atoms with Gasteiger partial charge in [0, 0.05) is 10.4 Å². The molecule has 0 bridgehead atoms. The normalized spacial score (nSPS) is 16.3. The number of esters is 1. The number of anilines is 1. The molecule has 0 fully saturated rings. The molecule has 26 heavy (non-hydrogen) atoms. The Balaban J connectivity index is 1.96. The molecule has 0 radical (unpaired) electrons. The minimum atomic E-state index is -0.341. The highest BCUT2D eigenvalue weighted by Gasteiger charge is 2.29. The van der Waals surface area contributed by atoms with E-state index in [1.165, 1.54) is 16.2 Å². The van der Waals surface area contributed by atoms with E-state index < -0.39 is 0 Å². The number of ether oxygens (including phenoxy) is 1. The Kier molecular flexibility index (Phi) is 5.47. The Morgan fingerprint density at radius 3 is 2.69 bits per heavy atom. The number of hydrogen-bond donors (Lipinski definition) is 1. The molecule has 1 heterocycles. The van der Waals surface area contributed by atoms with Gasteiger partial charge in [-0.2, -0.15) is 0 Å². The molecule has 0 saturated heterocycles. The maximum Gasteiger partial charge on any atom is 0.341 e. The maximum atomic E-state index is 12.8. The third-order valence-electron chi connectivity index (χ3n) is 4.68. The molecular formula is C21H25NO3S. The van der Waals surface area contributed by atoms with Crippen molar-refractivity contribution in [1.29, 1.82) is 0 Å². The monoisotopic (exact) mass is 371 g/mol. The molecule has 1 amide bonds. The number of carbonyl (C=O) groups is 2. The molecule has 0 saturated carbocycles. The van der Waals surface area contributed by atoms with Crippen LogP contribution in [-0.4, -0.2) is 18.0 Å². The van der Waals surface area contributed by atoms with Crippen LogP contribution in [0.25, 0.3) is 0 Å². The van der Waals surface area contributed by atoms with E-state index in [1.54, 1.807) is 6.07 Å². The summed E-state index contributed by atoms with van der Waals surface area (Å²) in [4.78, 5) is 26.7. The lowest BCUT2D eigenvalue weighted by atomic mass is 9.88. The number of carbonyl (C=O) groups excluding carboxylic acids is 2. The summed E-state index contributed by atoms with van der Waals surface area (Å²) in [6, 6.07) is 7.45. The van der Waals surface area contributed by atoms with Gasteiger partial charge in [0.05, 0.1) is 11.7 Å². The van der Waals surface area contributed by atoms with Crippen molar-refractivity contribution in [1.82, 2.24) is 0 Å². The SMILES string of the molecule is Cc1ccccc1C(=O)Nc1sc2c(c1C(=O)OC(C)C)CCC(C)C2. The first kappa shape index (κ1) is 18.6. The van der Waals surface area contributed by atoms with Gasteiger partial charge in [0.15, 0.2) is 0 Å². The van der Waals surface area contributed by atoms with Crippen molar-refractivity contribution < 1.29 is 14.3 Å². The Bertz CT molecular complexity index is 838. The van der Waals surface area contributed by atoms with E-state index in [1.807, 2.05) is 39.0 Å². The van der Waals surface area contributed by atoms with Crippen molar-refractivity contribution in [2.75, 3.05) is 5.32 Å². The van der Waals surface area contributed by atoms with Gasteiger partial charge in [-0.1, -0.05) is 25.1 Å². The summed E-state index contributed by atoms with van der Waals surface area (Å²) < 4.78 is 5.46. The maximum absolute atomic E-state index is 12.8. The number of hydrogen-bond acceptors (Lipinski definition) is 4. The van der Waals surface area contributed by atoms with Gasteiger partial charge in [0.25, 0.3) is 5.91 Å². The molecule has 0 aliphatic heterocycles. The van der Waals surface area contributed by atoms with Crippen LogP contribution in [0.2, 0.25) is 0 Å². The van der Waals surface area contributed by atoms with Crippen LogP contribution in [0.15, 0.2) is 24.3 Å². The minimum Gasteiger partial charge on any atom is -0.459 e. The summed E-state index contributed by atoms with van der Waals surface area (Å²) in [6.45, 7) is 7.80. The number of nitrogens with one attached hydrogen (secondary N) is 1. The van der Waals surface area contributed by atoms with Gasteiger partial charge in [-0.05, 0) is 63.1 Å². The second-order valence-electron chi connectivity index (χ2n) is 7.28. The number of rotatable bonds is 4. The molecule has 138 valence electrons. The van der Waals surface area contributed by atoms with Gasteiger partial charge in [-0.25, -0.2) is 4.79 Å². The zero-order valence-corrected chi connectivity index (χ0v) is 16.5. The highest BCUT2D eigenvalue weighted by molar-refractivity contribution is 7.17. The largest absolute Gasteiger partial charge is 0.459 e. The number of amides is 1. The fourth-order valence-corrected chi connectivity index (χ4v) is 4.72. The molecule has 1 aromatic carbocycles. The Hall–Kier alpha value is -2.14. The summed E-state index contributed by atoms with van der Waals surface area (Å²) in [7, 11) is 0. The van der Waals surface area contributed by atoms with Crippen LogP contribution >= 0.6 is 11.3 Å². The van der Waals surface area contributed by atoms with Gasteiger partial charge in [0.2, 0.25) is 0 Å². The summed E-state index contributed by atoms with van der Waals surface area (Å²) in [6.07, 6.45) is 2.66. The molecule has 1 aliphatic rings. The van der Waals surface area contributed by atoms with Crippen LogP contribution in [0.4, 0.5) is 5.00 Å². The van der Waals surface area contributed by atoms with E-state index in [2.05, 4.69) is 12.2 Å². The lowest BCUT2D eigenvalue weighted by Gasteiger charge is -2.19. The average Bonchev–Trinajstić information content (AvgIpc) is 2.91. The van der Waals surface area contributed by atoms with Crippen molar-refractivity contribution in [3.8, 4) is 0 Å². The number of benzene rings is 1. The molecule has 5 heteroatoms. The highest BCUT2D eigenvalue weighted by atomic mass is 32.1. The molecule has 1 unspecified atom stereocenters. The molecule has 1 aliphatic carbocycles. The van der Waals surface area contributed by atoms with E-state index in [9.17, 15) is 9.59 Å². The van der Waals surface area contributed by atoms with Crippen molar-refractivity contribution in [2.24, 2.45) is 5.92 Å². The van der Waals surface area contributed by atoms with Gasteiger partial charge >= 0.3 is 5.97 Å². The number of fused-ring (bicyclic) bond motifs is 1. The van der Waals surface area contributed by atoms with E-state index in [0.717, 1.165) is 30.4 Å². The molecule has 4 nitrogen and oxygen atoms in total. The third-order valence-corrected chi connectivity index (χ3v) is 5.85. The fraction of sp³-hybridized carbons (Fsp3) is 0.429. The van der Waals surface area contributed by atoms with Crippen LogP contribution in [0.1, 0.15) is 63.9 Å². The first-order valence-corrected chi connectivity index (χ1v) is 9.91. The Labute approximate surface area is 158 Å². The second kappa shape index (κ2) is 7.62. The Morgan fingerprint density at radius 1 is 1.27 bits per heavy atom. The fourth-order valence-electron chi connectivity index (χ4n) is 3.33. The van der Waals surface area contributed by atoms with Crippen molar-refractivity contribution >= 4 is 28.2 Å². The smallest absolute Gasteiger partial charge is 0.341 e. The Morgan fingerprint density at radius 2 is 2.00 bits per heavy atom. The third kappa shape index (κ3) is 3.83. The number of aryl methyl sites for hydroxylation is 1. The second-order valence-corrected chi connectivity index (χ2v) is 8.38. The van der Waals surface area contributed by atoms with Crippen LogP contribution in [0, 0.1) is 12.8 Å². The first-order valence-electron chi connectivity index (χ1n) is 9.09. The van der Waals surface area contributed by atoms with Crippen molar-refractivity contribution in [2.45, 2.75) is 53.1 Å². The highest BCUT2D eigenvalue weighted by Crippen LogP contribution is 2.40. The summed E-state index contributed by atoms with van der Waals surface area (Å²) in [5.74, 6) is 0.0653. The van der Waals surface area contributed by atoms with Gasteiger partial charge in [0.1, 0.15) is 5.00 Å². The van der Waals surface area contributed by atoms with E-state index in [4.69, 9.17) is 4.74 Å². The van der Waals surface area contributed by atoms with E-state index in [-0.39, 0.29) is 18.0 Å². The summed E-state index contributed by atoms with van der Waals surface area (Å²) in [5.41, 5.74) is 3.13. The number of thiophene rings is 1. The quantitative estimate of drug-likeness (QED) is 0.770. The van der Waals surface area contributed by atoms with Crippen molar-refractivity contribution in [3.63, 3.8) is 0 Å². The van der Waals surface area contributed by atoms with Gasteiger partial charge in [-0.15, -0.1) is 11.3 Å². The zero-order chi connectivity index (χ0) is 18.8. The molecule has 1 atom stereocenters. The minimum absolute atomic E-state index is 0.187. The first-order chi connectivity index (χ1) is 12.4. The van der Waals surface area contributed by atoms with Crippen molar-refractivity contribution in [3.05, 3.63) is 51.4 Å². The molecule has 3 rings (SSSR count). The van der Waals surface area contributed by atoms with Crippen LogP contribution in [0.5, 0.6) is 0 Å². The predicted molar refractivity (Wildman–Crippen MR) is 105 cm³/mol. The van der Waals surface area contributed by atoms with Gasteiger partial charge in [-0.3, -0.25) is 4.79 Å². The topological polar surface area (TPSA) is 55.4 Å². The molecule has 1 N–H and O–H groups in total. The van der Waals surface area contributed by atoms with E-state index in [0.29, 0.717) is 22.0 Å². The zero-order valence-electron chi connectivity index (χ0n) is 15.7. The van der Waals surface area contributed by atoms with Crippen LogP contribution < -0.4 is 5.32 Å². The standard InChI is InChI=1S/C21H25NO3S/c1-12(2)25-21(24)18-16-10-9-13(3)11-17(16)26-20(18)22-19(23)15-8-6-5-7-14(15)4/h5-8,12-13H,9-11H2,1-4H3,(H,22,23). The summed E-state index contributed by atoms with van der Waals surface area (Å²) in [5, 5.41) is 3.59. The summed E-state index contributed by atoms with van der Waals surface area (Å²) >= 11 is 1.52. The van der Waals surface area contributed by atoms with E-state index >= 15 is 0 Å². The lowest BCUT2D eigenvalue weighted by molar-refractivity contribution is 0.0378. The molecule has 2 aromatic rings. The van der Waals surface area contributed by atoms with Crippen LogP contribution in [-0.2, 0) is 17.6 Å². The molecule has 1 aromatic heterocycles.